The summed E-state index contributed by atoms with van der Waals surface area (Å²) in [6.45, 7) is 10.1. The van der Waals surface area contributed by atoms with E-state index in [1.807, 2.05) is 0 Å². The molecule has 0 bridgehead atoms. The molecule has 0 radical (unpaired) electrons. The van der Waals surface area contributed by atoms with Crippen molar-refractivity contribution >= 4 is 15.9 Å². The maximum Gasteiger partial charge on any atom is 0.0900 e. The zero-order chi connectivity index (χ0) is 18.2. The van der Waals surface area contributed by atoms with Crippen LogP contribution in [0.3, 0.4) is 0 Å². The van der Waals surface area contributed by atoms with Gasteiger partial charge in [0.15, 0.2) is 0 Å². The number of allylic oxidation sites excluding steroid dienone is 1. The molecule has 2 aliphatic carbocycles. The van der Waals surface area contributed by atoms with Gasteiger partial charge in [-0.05, 0) is 87.5 Å². The molecule has 0 spiro atoms. The van der Waals surface area contributed by atoms with Gasteiger partial charge in [0.05, 0.1) is 11.2 Å². The van der Waals surface area contributed by atoms with Crippen molar-refractivity contribution in [2.45, 2.75) is 97.2 Å². The van der Waals surface area contributed by atoms with Gasteiger partial charge in [-0.3, -0.25) is 0 Å². The summed E-state index contributed by atoms with van der Waals surface area (Å²) >= 11 is 3.60. The van der Waals surface area contributed by atoms with Crippen LogP contribution in [-0.4, -0.2) is 21.4 Å². The van der Waals surface area contributed by atoms with Crippen LogP contribution in [0.1, 0.15) is 86.0 Å². The molecule has 3 heteroatoms. The third kappa shape index (κ3) is 3.94. The molecule has 24 heavy (non-hydrogen) atoms. The van der Waals surface area contributed by atoms with Crippen molar-refractivity contribution in [3.63, 3.8) is 0 Å². The highest BCUT2D eigenvalue weighted by atomic mass is 79.9. The Bertz CT molecular complexity index is 463. The zero-order valence-electron chi connectivity index (χ0n) is 16.2. The second-order valence-electron chi connectivity index (χ2n) is 9.48. The molecule has 0 amide bonds. The lowest BCUT2D eigenvalue weighted by Gasteiger charge is -2.44. The van der Waals surface area contributed by atoms with Crippen molar-refractivity contribution in [2.75, 3.05) is 0 Å². The number of aliphatic hydroxyl groups is 2. The lowest BCUT2D eigenvalue weighted by Crippen LogP contribution is -2.47. The van der Waals surface area contributed by atoms with Crippen molar-refractivity contribution in [2.24, 2.45) is 23.2 Å². The summed E-state index contributed by atoms with van der Waals surface area (Å²) in [5.41, 5.74) is 0.0321. The van der Waals surface area contributed by atoms with Crippen LogP contribution in [0, 0.1) is 23.2 Å². The van der Waals surface area contributed by atoms with Crippen LogP contribution >= 0.6 is 15.9 Å². The van der Waals surface area contributed by atoms with E-state index in [4.69, 9.17) is 0 Å². The Kier molecular flexibility index (Phi) is 6.31. The molecule has 2 nitrogen and oxygen atoms in total. The molecule has 2 fully saturated rings. The number of hydrogen-bond donors (Lipinski definition) is 2. The Hall–Kier alpha value is 0.140. The van der Waals surface area contributed by atoms with Crippen molar-refractivity contribution in [1.29, 1.82) is 0 Å². The first-order valence-electron chi connectivity index (χ1n) is 9.77. The van der Waals surface area contributed by atoms with Crippen molar-refractivity contribution in [3.05, 3.63) is 10.6 Å². The van der Waals surface area contributed by atoms with Gasteiger partial charge >= 0.3 is 0 Å². The molecule has 0 aliphatic heterocycles. The fourth-order valence-corrected chi connectivity index (χ4v) is 5.97. The average molecular weight is 401 g/mol. The van der Waals surface area contributed by atoms with Crippen LogP contribution in [0.25, 0.3) is 0 Å². The Morgan fingerprint density at radius 3 is 2.54 bits per heavy atom. The monoisotopic (exact) mass is 400 g/mol. The van der Waals surface area contributed by atoms with Crippen molar-refractivity contribution in [1.82, 2.24) is 0 Å². The maximum absolute atomic E-state index is 10.5. The van der Waals surface area contributed by atoms with Crippen LogP contribution in [-0.2, 0) is 0 Å². The standard InChI is InChI=1S/C21H37BrO2/c1-15(8-6-13-21(5,24)19(2,3)23)17-10-11-18-16(14-22)9-7-12-20(17,18)4/h14-15,17-18,23-24H,6-13H2,1-5H3/b16-14+/t15-,17-,18?,20-,21-/m1/s1. The first-order valence-corrected chi connectivity index (χ1v) is 10.7. The summed E-state index contributed by atoms with van der Waals surface area (Å²) in [5, 5.41) is 20.6. The van der Waals surface area contributed by atoms with Gasteiger partial charge < -0.3 is 10.2 Å². The molecule has 2 N–H and O–H groups in total. The molecule has 0 aromatic heterocycles. The topological polar surface area (TPSA) is 40.5 Å². The Labute approximate surface area is 157 Å². The van der Waals surface area contributed by atoms with Crippen LogP contribution in [0.15, 0.2) is 10.6 Å². The summed E-state index contributed by atoms with van der Waals surface area (Å²) in [4.78, 5) is 2.20. The normalized spacial score (nSPS) is 36.4. The zero-order valence-corrected chi connectivity index (χ0v) is 17.8. The van der Waals surface area contributed by atoms with E-state index >= 15 is 0 Å². The second kappa shape index (κ2) is 7.40. The number of rotatable bonds is 6. The number of halogens is 1. The molecule has 1 unspecified atom stereocenters. The number of hydrogen-bond acceptors (Lipinski definition) is 2. The van der Waals surface area contributed by atoms with E-state index in [0.717, 1.165) is 24.7 Å². The Morgan fingerprint density at radius 2 is 1.96 bits per heavy atom. The summed E-state index contributed by atoms with van der Waals surface area (Å²) in [7, 11) is 0. The minimum absolute atomic E-state index is 0.454. The number of fused-ring (bicyclic) bond motifs is 1. The van der Waals surface area contributed by atoms with Crippen molar-refractivity contribution < 1.29 is 10.2 Å². The van der Waals surface area contributed by atoms with Crippen LogP contribution in [0.4, 0.5) is 0 Å². The van der Waals surface area contributed by atoms with Gasteiger partial charge in [0.2, 0.25) is 0 Å². The summed E-state index contributed by atoms with van der Waals surface area (Å²) in [6, 6.07) is 0. The first-order chi connectivity index (χ1) is 11.0. The van der Waals surface area contributed by atoms with E-state index in [-0.39, 0.29) is 0 Å². The Morgan fingerprint density at radius 1 is 1.29 bits per heavy atom. The van der Waals surface area contributed by atoms with E-state index in [2.05, 4.69) is 34.8 Å². The lowest BCUT2D eigenvalue weighted by atomic mass is 9.61. The van der Waals surface area contributed by atoms with Gasteiger partial charge in [0, 0.05) is 0 Å². The predicted molar refractivity (Wildman–Crippen MR) is 105 cm³/mol. The fourth-order valence-electron chi connectivity index (χ4n) is 5.42. The molecule has 0 heterocycles. The fraction of sp³-hybridized carbons (Fsp3) is 0.905. The molecular weight excluding hydrogens is 364 g/mol. The highest BCUT2D eigenvalue weighted by Gasteiger charge is 2.50. The summed E-state index contributed by atoms with van der Waals surface area (Å²) in [5.74, 6) is 2.24. The molecule has 0 aromatic carbocycles. The highest BCUT2D eigenvalue weighted by molar-refractivity contribution is 9.11. The van der Waals surface area contributed by atoms with Gasteiger partial charge in [0.25, 0.3) is 0 Å². The van der Waals surface area contributed by atoms with E-state index < -0.39 is 11.2 Å². The molecule has 0 aromatic rings. The van der Waals surface area contributed by atoms with Gasteiger partial charge in [0.1, 0.15) is 0 Å². The molecular formula is C21H37BrO2. The van der Waals surface area contributed by atoms with Crippen LogP contribution < -0.4 is 0 Å². The second-order valence-corrected chi connectivity index (χ2v) is 9.94. The first kappa shape index (κ1) is 20.5. The molecule has 0 saturated heterocycles. The minimum atomic E-state index is -1.04. The quantitative estimate of drug-likeness (QED) is 0.590. The Balaban J connectivity index is 1.95. The van der Waals surface area contributed by atoms with E-state index in [0.29, 0.717) is 17.8 Å². The van der Waals surface area contributed by atoms with E-state index in [9.17, 15) is 10.2 Å². The SMILES string of the molecule is C[C@H](CCC[C@@](C)(O)C(C)(C)O)[C@H]1CCC2/C(=C/Br)CCC[C@@]21C. The van der Waals surface area contributed by atoms with Gasteiger partial charge in [-0.25, -0.2) is 0 Å². The molecule has 5 atom stereocenters. The third-order valence-electron chi connectivity index (χ3n) is 7.51. The van der Waals surface area contributed by atoms with E-state index in [1.165, 1.54) is 32.1 Å². The maximum atomic E-state index is 10.5. The van der Waals surface area contributed by atoms with Crippen molar-refractivity contribution in [3.8, 4) is 0 Å². The van der Waals surface area contributed by atoms with Crippen LogP contribution in [0.2, 0.25) is 0 Å². The van der Waals surface area contributed by atoms with Gasteiger partial charge in [-0.15, -0.1) is 0 Å². The highest BCUT2D eigenvalue weighted by Crippen LogP contribution is 2.60. The summed E-state index contributed by atoms with van der Waals surface area (Å²) in [6.07, 6.45) is 9.42. The van der Waals surface area contributed by atoms with Gasteiger partial charge in [-0.2, -0.15) is 0 Å². The molecule has 2 rings (SSSR count). The smallest absolute Gasteiger partial charge is 0.0900 e. The van der Waals surface area contributed by atoms with E-state index in [1.54, 1.807) is 26.3 Å². The predicted octanol–water partition coefficient (Wildman–Crippen LogP) is 5.81. The lowest BCUT2D eigenvalue weighted by molar-refractivity contribution is -0.125. The largest absolute Gasteiger partial charge is 0.387 e. The molecule has 140 valence electrons. The molecule has 2 aliphatic rings. The minimum Gasteiger partial charge on any atom is -0.387 e. The van der Waals surface area contributed by atoms with Crippen LogP contribution in [0.5, 0.6) is 0 Å². The van der Waals surface area contributed by atoms with Gasteiger partial charge in [-0.1, -0.05) is 48.2 Å². The third-order valence-corrected chi connectivity index (χ3v) is 8.09. The molecule has 2 saturated carbocycles. The summed E-state index contributed by atoms with van der Waals surface area (Å²) < 4.78 is 0. The average Bonchev–Trinajstić information content (AvgIpc) is 2.82.